The number of ether oxygens (including phenoxy) is 4. The first-order chi connectivity index (χ1) is 16.4. The second-order valence-electron chi connectivity index (χ2n) is 8.41. The Hall–Kier alpha value is -3.52. The quantitative estimate of drug-likeness (QED) is 0.378. The summed E-state index contributed by atoms with van der Waals surface area (Å²) in [6.45, 7) is 2.78. The number of carbonyl (C=O) groups excluding carboxylic acids is 2. The minimum absolute atomic E-state index is 0.0149. The first kappa shape index (κ1) is 23.6. The van der Waals surface area contributed by atoms with Crippen molar-refractivity contribution in [1.82, 2.24) is 4.90 Å². The van der Waals surface area contributed by atoms with E-state index >= 15 is 0 Å². The van der Waals surface area contributed by atoms with Crippen molar-refractivity contribution in [1.29, 1.82) is 0 Å². The summed E-state index contributed by atoms with van der Waals surface area (Å²) in [6.07, 6.45) is 1.51. The maximum absolute atomic E-state index is 13.2. The zero-order chi connectivity index (χ0) is 24.4. The van der Waals surface area contributed by atoms with Gasteiger partial charge in [0.2, 0.25) is 5.75 Å². The summed E-state index contributed by atoms with van der Waals surface area (Å²) in [5, 5.41) is 11.2. The largest absolute Gasteiger partial charge is 0.507 e. The monoisotopic (exact) mass is 467 g/mol. The van der Waals surface area contributed by atoms with E-state index in [-0.39, 0.29) is 24.0 Å². The SMILES string of the molecule is COc1cc(C2C(=C(O)c3ccc(C)cc3)C(=O)C(=O)N2CC2CCCO2)cc(OC)c1OC. The highest BCUT2D eigenvalue weighted by atomic mass is 16.5. The van der Waals surface area contributed by atoms with Gasteiger partial charge in [0.15, 0.2) is 11.5 Å². The van der Waals surface area contributed by atoms with Gasteiger partial charge in [0, 0.05) is 18.7 Å². The van der Waals surface area contributed by atoms with E-state index in [1.165, 1.54) is 26.2 Å². The highest BCUT2D eigenvalue weighted by Gasteiger charge is 2.47. The van der Waals surface area contributed by atoms with E-state index in [2.05, 4.69) is 0 Å². The third-order valence-electron chi connectivity index (χ3n) is 6.29. The van der Waals surface area contributed by atoms with Crippen molar-refractivity contribution in [3.05, 3.63) is 58.7 Å². The minimum Gasteiger partial charge on any atom is -0.507 e. The van der Waals surface area contributed by atoms with Crippen molar-refractivity contribution in [3.63, 3.8) is 0 Å². The Balaban J connectivity index is 1.90. The molecule has 2 heterocycles. The normalized spacial score (nSPS) is 21.7. The van der Waals surface area contributed by atoms with Gasteiger partial charge >= 0.3 is 0 Å². The molecule has 180 valence electrons. The maximum Gasteiger partial charge on any atom is 0.295 e. The van der Waals surface area contributed by atoms with Crippen LogP contribution in [0, 0.1) is 6.92 Å². The lowest BCUT2D eigenvalue weighted by atomic mass is 9.94. The van der Waals surface area contributed by atoms with Crippen LogP contribution in [0.3, 0.4) is 0 Å². The maximum atomic E-state index is 13.2. The molecule has 1 amide bonds. The van der Waals surface area contributed by atoms with Crippen LogP contribution in [0.5, 0.6) is 17.2 Å². The number of aliphatic hydroxyl groups excluding tert-OH is 1. The zero-order valence-corrected chi connectivity index (χ0v) is 19.8. The van der Waals surface area contributed by atoms with Gasteiger partial charge in [0.05, 0.1) is 39.0 Å². The molecule has 2 unspecified atom stereocenters. The van der Waals surface area contributed by atoms with Gasteiger partial charge in [-0.25, -0.2) is 0 Å². The number of ketones is 1. The second-order valence-corrected chi connectivity index (χ2v) is 8.41. The predicted molar refractivity (Wildman–Crippen MR) is 125 cm³/mol. The Morgan fingerprint density at radius 3 is 2.24 bits per heavy atom. The Kier molecular flexibility index (Phi) is 6.79. The number of rotatable bonds is 7. The van der Waals surface area contributed by atoms with Gasteiger partial charge in [-0.3, -0.25) is 9.59 Å². The van der Waals surface area contributed by atoms with Crippen LogP contribution in [-0.4, -0.2) is 62.3 Å². The number of likely N-dealkylation sites (tertiary alicyclic amines) is 1. The van der Waals surface area contributed by atoms with E-state index in [0.29, 0.717) is 35.0 Å². The van der Waals surface area contributed by atoms with Crippen LogP contribution < -0.4 is 14.2 Å². The average molecular weight is 468 g/mol. The van der Waals surface area contributed by atoms with E-state index < -0.39 is 17.7 Å². The Morgan fingerprint density at radius 2 is 1.71 bits per heavy atom. The topological polar surface area (TPSA) is 94.5 Å². The number of Topliss-reactive ketones (excluding diaryl/α,β-unsaturated/α-hetero) is 1. The molecule has 0 aromatic heterocycles. The lowest BCUT2D eigenvalue weighted by molar-refractivity contribution is -0.140. The van der Waals surface area contributed by atoms with Gasteiger partial charge < -0.3 is 29.0 Å². The van der Waals surface area contributed by atoms with Gasteiger partial charge in [-0.15, -0.1) is 0 Å². The molecular weight excluding hydrogens is 438 g/mol. The van der Waals surface area contributed by atoms with Crippen LogP contribution in [0.15, 0.2) is 42.0 Å². The van der Waals surface area contributed by atoms with E-state index in [1.54, 1.807) is 24.3 Å². The molecule has 0 spiro atoms. The smallest absolute Gasteiger partial charge is 0.295 e. The number of carbonyl (C=O) groups is 2. The van der Waals surface area contributed by atoms with E-state index in [0.717, 1.165) is 18.4 Å². The molecule has 8 nitrogen and oxygen atoms in total. The number of benzene rings is 2. The lowest BCUT2D eigenvalue weighted by Gasteiger charge is -2.28. The number of aliphatic hydroxyl groups is 1. The van der Waals surface area contributed by atoms with Gasteiger partial charge in [0.25, 0.3) is 11.7 Å². The Bertz CT molecular complexity index is 1090. The van der Waals surface area contributed by atoms with Gasteiger partial charge in [-0.1, -0.05) is 29.8 Å². The van der Waals surface area contributed by atoms with Crippen LogP contribution in [-0.2, 0) is 14.3 Å². The first-order valence-electron chi connectivity index (χ1n) is 11.2. The van der Waals surface area contributed by atoms with Crippen LogP contribution in [0.4, 0.5) is 0 Å². The summed E-state index contributed by atoms with van der Waals surface area (Å²) >= 11 is 0. The third kappa shape index (κ3) is 4.21. The molecule has 4 rings (SSSR count). The van der Waals surface area contributed by atoms with Crippen molar-refractivity contribution in [2.24, 2.45) is 0 Å². The zero-order valence-electron chi connectivity index (χ0n) is 19.8. The Morgan fingerprint density at radius 1 is 1.06 bits per heavy atom. The summed E-state index contributed by atoms with van der Waals surface area (Å²) < 4.78 is 22.2. The number of amides is 1. The van der Waals surface area contributed by atoms with Crippen molar-refractivity contribution in [3.8, 4) is 17.2 Å². The fourth-order valence-electron chi connectivity index (χ4n) is 4.55. The number of aryl methyl sites for hydroxylation is 1. The highest BCUT2D eigenvalue weighted by Crippen LogP contribution is 2.46. The molecule has 1 N–H and O–H groups in total. The summed E-state index contributed by atoms with van der Waals surface area (Å²) in [6, 6.07) is 9.68. The van der Waals surface area contributed by atoms with E-state index in [1.807, 2.05) is 19.1 Å². The second kappa shape index (κ2) is 9.77. The molecule has 2 saturated heterocycles. The van der Waals surface area contributed by atoms with Crippen LogP contribution in [0.2, 0.25) is 0 Å². The highest BCUT2D eigenvalue weighted by molar-refractivity contribution is 6.46. The molecule has 0 saturated carbocycles. The molecule has 0 bridgehead atoms. The van der Waals surface area contributed by atoms with Gasteiger partial charge in [-0.2, -0.15) is 0 Å². The predicted octanol–water partition coefficient (Wildman–Crippen LogP) is 3.62. The van der Waals surface area contributed by atoms with Gasteiger partial charge in [-0.05, 0) is 37.5 Å². The van der Waals surface area contributed by atoms with Crippen molar-refractivity contribution in [2.75, 3.05) is 34.5 Å². The molecule has 2 aliphatic rings. The fraction of sp³-hybridized carbons (Fsp3) is 0.385. The number of methoxy groups -OCH3 is 3. The lowest BCUT2D eigenvalue weighted by Crippen LogP contribution is -2.36. The molecule has 34 heavy (non-hydrogen) atoms. The first-order valence-corrected chi connectivity index (χ1v) is 11.2. The minimum atomic E-state index is -0.848. The summed E-state index contributed by atoms with van der Waals surface area (Å²) in [5.41, 5.74) is 2.04. The fourth-order valence-corrected chi connectivity index (χ4v) is 4.55. The van der Waals surface area contributed by atoms with Crippen LogP contribution in [0.25, 0.3) is 5.76 Å². The Labute approximate surface area is 198 Å². The average Bonchev–Trinajstić information content (AvgIpc) is 3.45. The molecular formula is C26H29NO7. The molecule has 2 fully saturated rings. The summed E-state index contributed by atoms with van der Waals surface area (Å²) in [7, 11) is 4.49. The molecule has 8 heteroatoms. The standard InChI is InChI=1S/C26H29NO7/c1-15-7-9-16(10-8-15)23(28)21-22(17-12-19(31-2)25(33-4)20(13-17)32-3)27(26(30)24(21)29)14-18-6-5-11-34-18/h7-10,12-13,18,22,28H,5-6,11,14H2,1-4H3. The third-order valence-corrected chi connectivity index (χ3v) is 6.29. The van der Waals surface area contributed by atoms with E-state index in [4.69, 9.17) is 18.9 Å². The van der Waals surface area contributed by atoms with Crippen molar-refractivity contribution < 1.29 is 33.6 Å². The van der Waals surface area contributed by atoms with Crippen LogP contribution >= 0.6 is 0 Å². The van der Waals surface area contributed by atoms with E-state index in [9.17, 15) is 14.7 Å². The van der Waals surface area contributed by atoms with Crippen molar-refractivity contribution in [2.45, 2.75) is 31.9 Å². The number of nitrogens with zero attached hydrogens (tertiary/aromatic N) is 1. The summed E-state index contributed by atoms with van der Waals surface area (Å²) in [5.74, 6) is -0.488. The number of hydrogen-bond donors (Lipinski definition) is 1. The molecule has 2 aromatic rings. The van der Waals surface area contributed by atoms with Gasteiger partial charge in [0.1, 0.15) is 5.76 Å². The van der Waals surface area contributed by atoms with Crippen LogP contribution in [0.1, 0.15) is 35.6 Å². The molecule has 2 aliphatic heterocycles. The van der Waals surface area contributed by atoms with Crippen molar-refractivity contribution >= 4 is 17.4 Å². The molecule has 0 radical (unpaired) electrons. The number of hydrogen-bond acceptors (Lipinski definition) is 7. The molecule has 0 aliphatic carbocycles. The molecule has 2 atom stereocenters. The summed E-state index contributed by atoms with van der Waals surface area (Å²) in [4.78, 5) is 27.9. The molecule has 2 aromatic carbocycles.